The van der Waals surface area contributed by atoms with E-state index in [9.17, 15) is 4.79 Å². The SMILES string of the molecule is CNc1nc(C)cc(C(=O)N2CCCC[C@@H]2c2ncn[nH]2)n1. The lowest BCUT2D eigenvalue weighted by molar-refractivity contribution is 0.0594. The summed E-state index contributed by atoms with van der Waals surface area (Å²) in [7, 11) is 1.74. The summed E-state index contributed by atoms with van der Waals surface area (Å²) < 4.78 is 0. The van der Waals surface area contributed by atoms with Gasteiger partial charge in [0.1, 0.15) is 17.8 Å². The largest absolute Gasteiger partial charge is 0.357 e. The van der Waals surface area contributed by atoms with Crippen LogP contribution >= 0.6 is 0 Å². The molecule has 1 amide bonds. The van der Waals surface area contributed by atoms with Crippen molar-refractivity contribution in [2.45, 2.75) is 32.2 Å². The Kier molecular flexibility index (Phi) is 3.99. The van der Waals surface area contributed by atoms with Crippen molar-refractivity contribution >= 4 is 11.9 Å². The molecule has 22 heavy (non-hydrogen) atoms. The molecule has 1 fully saturated rings. The number of aromatic nitrogens is 5. The number of rotatable bonds is 3. The minimum atomic E-state index is -0.0944. The molecule has 1 saturated heterocycles. The third kappa shape index (κ3) is 2.76. The summed E-state index contributed by atoms with van der Waals surface area (Å²) in [5.74, 6) is 1.09. The third-order valence-corrected chi connectivity index (χ3v) is 3.81. The van der Waals surface area contributed by atoms with Crippen molar-refractivity contribution in [1.29, 1.82) is 0 Å². The van der Waals surface area contributed by atoms with E-state index in [0.717, 1.165) is 30.8 Å². The quantitative estimate of drug-likeness (QED) is 0.886. The number of likely N-dealkylation sites (tertiary alicyclic amines) is 1. The van der Waals surface area contributed by atoms with Gasteiger partial charge >= 0.3 is 0 Å². The molecule has 1 aliphatic heterocycles. The number of hydrogen-bond acceptors (Lipinski definition) is 6. The first-order chi connectivity index (χ1) is 10.7. The average Bonchev–Trinajstić information content (AvgIpc) is 3.08. The van der Waals surface area contributed by atoms with Crippen molar-refractivity contribution in [3.8, 4) is 0 Å². The minimum Gasteiger partial charge on any atom is -0.357 e. The number of anilines is 1. The highest BCUT2D eigenvalue weighted by molar-refractivity contribution is 5.93. The van der Waals surface area contributed by atoms with Crippen LogP contribution in [-0.2, 0) is 0 Å². The maximum absolute atomic E-state index is 12.9. The van der Waals surface area contributed by atoms with Crippen molar-refractivity contribution in [2.75, 3.05) is 18.9 Å². The molecule has 0 aromatic carbocycles. The van der Waals surface area contributed by atoms with E-state index in [4.69, 9.17) is 0 Å². The van der Waals surface area contributed by atoms with Gasteiger partial charge < -0.3 is 10.2 Å². The van der Waals surface area contributed by atoms with Crippen molar-refractivity contribution < 1.29 is 4.79 Å². The molecule has 0 unspecified atom stereocenters. The molecule has 1 atom stereocenters. The molecule has 8 nitrogen and oxygen atoms in total. The molecule has 2 aromatic rings. The summed E-state index contributed by atoms with van der Waals surface area (Å²) in [5.41, 5.74) is 1.17. The molecule has 2 aromatic heterocycles. The second-order valence-electron chi connectivity index (χ2n) is 5.35. The van der Waals surface area contributed by atoms with Gasteiger partial charge in [-0.25, -0.2) is 15.0 Å². The normalized spacial score (nSPS) is 18.3. The van der Waals surface area contributed by atoms with E-state index in [1.54, 1.807) is 13.1 Å². The number of hydrogen-bond donors (Lipinski definition) is 2. The molecular formula is C14H19N7O. The van der Waals surface area contributed by atoms with Crippen molar-refractivity contribution in [3.05, 3.63) is 29.6 Å². The van der Waals surface area contributed by atoms with Crippen LogP contribution in [0.25, 0.3) is 0 Å². The molecule has 2 N–H and O–H groups in total. The molecule has 8 heteroatoms. The maximum atomic E-state index is 12.9. The summed E-state index contributed by atoms with van der Waals surface area (Å²) >= 11 is 0. The zero-order valence-corrected chi connectivity index (χ0v) is 12.7. The van der Waals surface area contributed by atoms with E-state index in [-0.39, 0.29) is 11.9 Å². The predicted octanol–water partition coefficient (Wildman–Crippen LogP) is 1.31. The van der Waals surface area contributed by atoms with Gasteiger partial charge in [-0.2, -0.15) is 5.10 Å². The first kappa shape index (κ1) is 14.4. The number of aromatic amines is 1. The lowest BCUT2D eigenvalue weighted by Gasteiger charge is -2.34. The Hall–Kier alpha value is -2.51. The Labute approximate surface area is 128 Å². The predicted molar refractivity (Wildman–Crippen MR) is 80.3 cm³/mol. The highest BCUT2D eigenvalue weighted by Crippen LogP contribution is 2.29. The number of amides is 1. The van der Waals surface area contributed by atoms with Gasteiger partial charge in [-0.3, -0.25) is 9.89 Å². The molecule has 3 rings (SSSR count). The van der Waals surface area contributed by atoms with Gasteiger partial charge in [0.25, 0.3) is 5.91 Å². The molecule has 0 bridgehead atoms. The van der Waals surface area contributed by atoms with Crippen LogP contribution in [0.3, 0.4) is 0 Å². The molecule has 0 aliphatic carbocycles. The van der Waals surface area contributed by atoms with Crippen molar-refractivity contribution in [1.82, 2.24) is 30.0 Å². The van der Waals surface area contributed by atoms with Crippen molar-refractivity contribution in [3.63, 3.8) is 0 Å². The molecule has 1 aliphatic rings. The smallest absolute Gasteiger partial charge is 0.273 e. The zero-order chi connectivity index (χ0) is 15.5. The van der Waals surface area contributed by atoms with Gasteiger partial charge in [0.05, 0.1) is 6.04 Å². The number of aryl methyl sites for hydroxylation is 1. The molecule has 0 spiro atoms. The van der Waals surface area contributed by atoms with E-state index in [2.05, 4.69) is 30.5 Å². The summed E-state index contributed by atoms with van der Waals surface area (Å²) in [5, 5.41) is 9.66. The maximum Gasteiger partial charge on any atom is 0.273 e. The fraction of sp³-hybridized carbons (Fsp3) is 0.500. The summed E-state index contributed by atoms with van der Waals surface area (Å²) in [6.07, 6.45) is 4.41. The highest BCUT2D eigenvalue weighted by Gasteiger charge is 2.31. The Morgan fingerprint density at radius 3 is 3.00 bits per heavy atom. The third-order valence-electron chi connectivity index (χ3n) is 3.81. The topological polar surface area (TPSA) is 99.7 Å². The van der Waals surface area contributed by atoms with Crippen molar-refractivity contribution in [2.24, 2.45) is 0 Å². The highest BCUT2D eigenvalue weighted by atomic mass is 16.2. The van der Waals surface area contributed by atoms with Gasteiger partial charge in [0, 0.05) is 19.3 Å². The molecule has 0 radical (unpaired) electrons. The second kappa shape index (κ2) is 6.08. The van der Waals surface area contributed by atoms with Gasteiger partial charge in [-0.15, -0.1) is 0 Å². The average molecular weight is 301 g/mol. The first-order valence-electron chi connectivity index (χ1n) is 7.38. The number of H-pyrrole nitrogens is 1. The van der Waals surface area contributed by atoms with Crippen LogP contribution in [0.1, 0.15) is 47.3 Å². The van der Waals surface area contributed by atoms with Crippen LogP contribution in [0, 0.1) is 6.92 Å². The lowest BCUT2D eigenvalue weighted by Crippen LogP contribution is -2.39. The fourth-order valence-corrected chi connectivity index (χ4v) is 2.77. The molecule has 3 heterocycles. The molecule has 116 valence electrons. The van der Waals surface area contributed by atoms with Crippen LogP contribution in [0.4, 0.5) is 5.95 Å². The Morgan fingerprint density at radius 1 is 1.41 bits per heavy atom. The second-order valence-corrected chi connectivity index (χ2v) is 5.35. The summed E-state index contributed by atoms with van der Waals surface area (Å²) in [6, 6.07) is 1.65. The van der Waals surface area contributed by atoms with Crippen LogP contribution in [0.2, 0.25) is 0 Å². The number of nitrogens with zero attached hydrogens (tertiary/aromatic N) is 5. The Balaban J connectivity index is 1.90. The van der Waals surface area contributed by atoms with Gasteiger partial charge in [-0.1, -0.05) is 0 Å². The standard InChI is InChI=1S/C14H19N7O/c1-9-7-10(19-14(15-2)18-9)13(22)21-6-4-3-5-11(21)12-16-8-17-20-12/h7-8,11H,3-6H2,1-2H3,(H,15,18,19)(H,16,17,20)/t11-/m1/s1. The fourth-order valence-electron chi connectivity index (χ4n) is 2.77. The van der Waals surface area contributed by atoms with E-state index < -0.39 is 0 Å². The van der Waals surface area contributed by atoms with E-state index in [0.29, 0.717) is 18.2 Å². The zero-order valence-electron chi connectivity index (χ0n) is 12.7. The molecular weight excluding hydrogens is 282 g/mol. The number of carbonyl (C=O) groups excluding carboxylic acids is 1. The summed E-state index contributed by atoms with van der Waals surface area (Å²) in [4.78, 5) is 27.4. The number of piperidine rings is 1. The van der Waals surface area contributed by atoms with E-state index >= 15 is 0 Å². The minimum absolute atomic E-state index is 0.0722. The summed E-state index contributed by atoms with van der Waals surface area (Å²) in [6.45, 7) is 2.55. The van der Waals surface area contributed by atoms with Gasteiger partial charge in [-0.05, 0) is 32.3 Å². The lowest BCUT2D eigenvalue weighted by atomic mass is 10.0. The van der Waals surface area contributed by atoms with Crippen LogP contribution in [0.15, 0.2) is 12.4 Å². The van der Waals surface area contributed by atoms with E-state index in [1.807, 2.05) is 11.8 Å². The number of carbonyl (C=O) groups is 1. The van der Waals surface area contributed by atoms with Crippen LogP contribution in [-0.4, -0.2) is 49.5 Å². The Bertz CT molecular complexity index is 655. The van der Waals surface area contributed by atoms with Crippen LogP contribution < -0.4 is 5.32 Å². The monoisotopic (exact) mass is 301 g/mol. The van der Waals surface area contributed by atoms with Gasteiger partial charge in [0.15, 0.2) is 0 Å². The van der Waals surface area contributed by atoms with E-state index in [1.165, 1.54) is 6.33 Å². The first-order valence-corrected chi connectivity index (χ1v) is 7.38. The molecule has 0 saturated carbocycles. The Morgan fingerprint density at radius 2 is 2.27 bits per heavy atom. The van der Waals surface area contributed by atoms with Gasteiger partial charge in [0.2, 0.25) is 5.95 Å². The number of nitrogens with one attached hydrogen (secondary N) is 2. The van der Waals surface area contributed by atoms with Crippen LogP contribution in [0.5, 0.6) is 0 Å².